The van der Waals surface area contributed by atoms with E-state index in [4.69, 9.17) is 4.74 Å². The monoisotopic (exact) mass is 339 g/mol. The van der Waals surface area contributed by atoms with Crippen molar-refractivity contribution >= 4 is 17.3 Å². The van der Waals surface area contributed by atoms with Gasteiger partial charge in [-0.3, -0.25) is 4.90 Å². The zero-order valence-corrected chi connectivity index (χ0v) is 14.7. The second-order valence-electron chi connectivity index (χ2n) is 6.55. The average molecular weight is 339 g/mol. The summed E-state index contributed by atoms with van der Waals surface area (Å²) in [5, 5.41) is 3.52. The van der Waals surface area contributed by atoms with Gasteiger partial charge in [0.15, 0.2) is 0 Å². The fourth-order valence-electron chi connectivity index (χ4n) is 3.57. The first-order valence-electron chi connectivity index (χ1n) is 9.08. The summed E-state index contributed by atoms with van der Waals surface area (Å²) >= 11 is 0. The lowest BCUT2D eigenvalue weighted by Crippen LogP contribution is -2.36. The topological polar surface area (TPSA) is 53.5 Å². The van der Waals surface area contributed by atoms with Crippen LogP contribution in [-0.4, -0.2) is 54.3 Å². The molecule has 2 aromatic rings. The third-order valence-electron chi connectivity index (χ3n) is 5.04. The van der Waals surface area contributed by atoms with Crippen LogP contribution in [0, 0.1) is 0 Å². The van der Waals surface area contributed by atoms with Crippen molar-refractivity contribution in [2.75, 3.05) is 49.6 Å². The van der Waals surface area contributed by atoms with E-state index in [1.165, 1.54) is 16.8 Å². The number of hydrogen-bond acceptors (Lipinski definition) is 6. The Morgan fingerprint density at radius 3 is 2.88 bits per heavy atom. The van der Waals surface area contributed by atoms with Crippen LogP contribution in [-0.2, 0) is 17.7 Å². The van der Waals surface area contributed by atoms with Crippen molar-refractivity contribution in [3.63, 3.8) is 0 Å². The molecule has 0 bridgehead atoms. The summed E-state index contributed by atoms with van der Waals surface area (Å²) in [6, 6.07) is 8.55. The predicted molar refractivity (Wildman–Crippen MR) is 99.4 cm³/mol. The summed E-state index contributed by atoms with van der Waals surface area (Å²) in [6.07, 6.45) is 2.72. The van der Waals surface area contributed by atoms with Crippen LogP contribution in [0.1, 0.15) is 18.1 Å². The van der Waals surface area contributed by atoms with E-state index in [-0.39, 0.29) is 0 Å². The van der Waals surface area contributed by atoms with E-state index in [9.17, 15) is 0 Å². The molecule has 1 saturated heterocycles. The maximum atomic E-state index is 5.42. The van der Waals surface area contributed by atoms with Crippen LogP contribution in [0.25, 0.3) is 0 Å². The van der Waals surface area contributed by atoms with Crippen molar-refractivity contribution < 1.29 is 4.74 Å². The van der Waals surface area contributed by atoms with Gasteiger partial charge in [-0.15, -0.1) is 0 Å². The summed E-state index contributed by atoms with van der Waals surface area (Å²) in [5.74, 6) is 1.81. The highest BCUT2D eigenvalue weighted by Gasteiger charge is 2.18. The number of likely N-dealkylation sites (N-methyl/N-ethyl adjacent to an activating group) is 1. The van der Waals surface area contributed by atoms with Gasteiger partial charge >= 0.3 is 0 Å². The van der Waals surface area contributed by atoms with Gasteiger partial charge in [-0.05, 0) is 30.2 Å². The summed E-state index contributed by atoms with van der Waals surface area (Å²) in [7, 11) is 0. The minimum Gasteiger partial charge on any atom is -0.378 e. The molecule has 0 unspecified atom stereocenters. The first-order valence-corrected chi connectivity index (χ1v) is 9.08. The highest BCUT2D eigenvalue weighted by atomic mass is 16.5. The summed E-state index contributed by atoms with van der Waals surface area (Å²) in [4.78, 5) is 13.6. The quantitative estimate of drug-likeness (QED) is 0.923. The molecule has 6 heteroatoms. The van der Waals surface area contributed by atoms with Crippen molar-refractivity contribution in [1.82, 2.24) is 14.9 Å². The van der Waals surface area contributed by atoms with Gasteiger partial charge < -0.3 is 15.0 Å². The molecular formula is C19H25N5O. The Kier molecular flexibility index (Phi) is 4.81. The lowest BCUT2D eigenvalue weighted by atomic mass is 9.98. The number of benzene rings is 1. The number of fused-ring (bicyclic) bond motifs is 1. The Morgan fingerprint density at radius 1 is 1.16 bits per heavy atom. The molecule has 0 aliphatic carbocycles. The largest absolute Gasteiger partial charge is 0.378 e. The maximum absolute atomic E-state index is 5.42. The van der Waals surface area contributed by atoms with E-state index in [1.807, 2.05) is 6.07 Å². The van der Waals surface area contributed by atoms with Gasteiger partial charge in [0.05, 0.1) is 13.2 Å². The van der Waals surface area contributed by atoms with Crippen LogP contribution in [0.2, 0.25) is 0 Å². The van der Waals surface area contributed by atoms with Crippen molar-refractivity contribution in [2.45, 2.75) is 19.9 Å². The molecule has 1 aromatic carbocycles. The number of anilines is 3. The van der Waals surface area contributed by atoms with Crippen LogP contribution in [0.15, 0.2) is 30.6 Å². The number of nitrogens with one attached hydrogen (secondary N) is 1. The highest BCUT2D eigenvalue weighted by Crippen LogP contribution is 2.28. The molecular weight excluding hydrogens is 314 g/mol. The number of aromatic nitrogens is 2. The van der Waals surface area contributed by atoms with Crippen LogP contribution in [0.5, 0.6) is 0 Å². The Morgan fingerprint density at radius 2 is 2.04 bits per heavy atom. The zero-order chi connectivity index (χ0) is 17.1. The number of rotatable bonds is 4. The fraction of sp³-hybridized carbons (Fsp3) is 0.474. The van der Waals surface area contributed by atoms with Crippen LogP contribution in [0.3, 0.4) is 0 Å². The smallest absolute Gasteiger partial charge is 0.135 e. The van der Waals surface area contributed by atoms with Gasteiger partial charge in [0.1, 0.15) is 18.0 Å². The molecule has 25 heavy (non-hydrogen) atoms. The molecule has 1 aromatic heterocycles. The Bertz CT molecular complexity index is 730. The second-order valence-corrected chi connectivity index (χ2v) is 6.55. The molecule has 3 heterocycles. The van der Waals surface area contributed by atoms with E-state index in [0.717, 1.165) is 64.0 Å². The van der Waals surface area contributed by atoms with Crippen LogP contribution >= 0.6 is 0 Å². The highest BCUT2D eigenvalue weighted by molar-refractivity contribution is 5.64. The molecule has 0 atom stereocenters. The first-order chi connectivity index (χ1) is 12.3. The summed E-state index contributed by atoms with van der Waals surface area (Å²) in [6.45, 7) is 8.75. The minimum absolute atomic E-state index is 0.757. The summed E-state index contributed by atoms with van der Waals surface area (Å²) in [5.41, 5.74) is 4.00. The molecule has 2 aliphatic heterocycles. The zero-order valence-electron chi connectivity index (χ0n) is 14.7. The number of nitrogens with zero attached hydrogens (tertiary/aromatic N) is 4. The van der Waals surface area contributed by atoms with Gasteiger partial charge in [-0.25, -0.2) is 9.97 Å². The van der Waals surface area contributed by atoms with E-state index >= 15 is 0 Å². The maximum Gasteiger partial charge on any atom is 0.135 e. The van der Waals surface area contributed by atoms with Gasteiger partial charge in [-0.2, -0.15) is 0 Å². The van der Waals surface area contributed by atoms with Crippen molar-refractivity contribution in [1.29, 1.82) is 0 Å². The number of ether oxygens (including phenoxy) is 1. The second kappa shape index (κ2) is 7.37. The van der Waals surface area contributed by atoms with Gasteiger partial charge in [-0.1, -0.05) is 19.1 Å². The van der Waals surface area contributed by atoms with Gasteiger partial charge in [0.25, 0.3) is 0 Å². The standard InChI is InChI=1S/C19H25N5O/c1-2-23-7-6-16-15(13-23)4-3-5-17(16)22-18-12-19(21-14-20-18)24-8-10-25-11-9-24/h3-5,12,14H,2,6-11,13H2,1H3,(H,20,21,22). The molecule has 0 spiro atoms. The van der Waals surface area contributed by atoms with Crippen LogP contribution in [0.4, 0.5) is 17.3 Å². The Labute approximate surface area is 148 Å². The Balaban J connectivity index is 1.55. The number of hydrogen-bond donors (Lipinski definition) is 1. The molecule has 0 radical (unpaired) electrons. The molecule has 2 aliphatic rings. The number of morpholine rings is 1. The van der Waals surface area contributed by atoms with E-state index in [1.54, 1.807) is 6.33 Å². The Hall–Kier alpha value is -2.18. The SMILES string of the molecule is CCN1CCc2c(cccc2Nc2cc(N3CCOCC3)ncn2)C1. The molecule has 1 fully saturated rings. The normalized spacial score (nSPS) is 18.0. The van der Waals surface area contributed by atoms with E-state index < -0.39 is 0 Å². The average Bonchev–Trinajstić information content (AvgIpc) is 2.69. The first kappa shape index (κ1) is 16.3. The lowest BCUT2D eigenvalue weighted by Gasteiger charge is -2.29. The molecule has 132 valence electrons. The molecule has 0 amide bonds. The lowest BCUT2D eigenvalue weighted by molar-refractivity contribution is 0.122. The van der Waals surface area contributed by atoms with E-state index in [2.05, 4.69) is 50.2 Å². The fourth-order valence-corrected chi connectivity index (χ4v) is 3.57. The summed E-state index contributed by atoms with van der Waals surface area (Å²) < 4.78 is 5.42. The molecule has 0 saturated carbocycles. The van der Waals surface area contributed by atoms with Crippen molar-refractivity contribution in [2.24, 2.45) is 0 Å². The van der Waals surface area contributed by atoms with Gasteiger partial charge in [0.2, 0.25) is 0 Å². The third-order valence-corrected chi connectivity index (χ3v) is 5.04. The molecule has 4 rings (SSSR count). The predicted octanol–water partition coefficient (Wildman–Crippen LogP) is 2.43. The van der Waals surface area contributed by atoms with Gasteiger partial charge in [0, 0.05) is 37.9 Å². The van der Waals surface area contributed by atoms with E-state index in [0.29, 0.717) is 0 Å². The van der Waals surface area contributed by atoms with Crippen LogP contribution < -0.4 is 10.2 Å². The third kappa shape index (κ3) is 3.60. The van der Waals surface area contributed by atoms with Crippen molar-refractivity contribution in [3.8, 4) is 0 Å². The minimum atomic E-state index is 0.757. The molecule has 6 nitrogen and oxygen atoms in total. The van der Waals surface area contributed by atoms with Crippen molar-refractivity contribution in [3.05, 3.63) is 41.7 Å². The molecule has 1 N–H and O–H groups in total.